The van der Waals surface area contributed by atoms with Crippen LogP contribution in [-0.2, 0) is 13.6 Å². The molecule has 0 aromatic carbocycles. The molecule has 4 nitrogen and oxygen atoms in total. The van der Waals surface area contributed by atoms with Gasteiger partial charge in [0.25, 0.3) is 5.92 Å². The van der Waals surface area contributed by atoms with E-state index in [9.17, 15) is 26.5 Å². The number of alkyl halides is 5. The fourth-order valence-electron chi connectivity index (χ4n) is 1.31. The summed E-state index contributed by atoms with van der Waals surface area (Å²) in [5.41, 5.74) is 0. The number of phosphoric ester groups is 1. The summed E-state index contributed by atoms with van der Waals surface area (Å²) in [6.45, 7) is 0.935. The van der Waals surface area contributed by atoms with Crippen LogP contribution >= 0.6 is 7.82 Å². The van der Waals surface area contributed by atoms with E-state index in [1.54, 1.807) is 0 Å². The van der Waals surface area contributed by atoms with E-state index < -0.39 is 38.6 Å². The second-order valence-corrected chi connectivity index (χ2v) is 4.72. The zero-order valence-electron chi connectivity index (χ0n) is 7.87. The van der Waals surface area contributed by atoms with Gasteiger partial charge in [0.15, 0.2) is 6.10 Å². The molecule has 96 valence electrons. The monoisotopic (exact) mass is 270 g/mol. The molecule has 10 heteroatoms. The molecule has 3 atom stereocenters. The molecule has 0 spiro atoms. The minimum absolute atomic E-state index is 0.935. The van der Waals surface area contributed by atoms with Crippen LogP contribution < -0.4 is 0 Å². The minimum Gasteiger partial charge on any atom is -0.302 e. The summed E-state index contributed by atoms with van der Waals surface area (Å²) in [5.74, 6) is -4.31. The van der Waals surface area contributed by atoms with E-state index in [4.69, 9.17) is 4.89 Å². The Bertz CT molecular complexity index is 317. The van der Waals surface area contributed by atoms with Crippen LogP contribution in [0.5, 0.6) is 0 Å². The smallest absolute Gasteiger partial charge is 0.302 e. The van der Waals surface area contributed by atoms with Crippen molar-refractivity contribution in [3.63, 3.8) is 0 Å². The first-order valence-corrected chi connectivity index (χ1v) is 5.57. The molecule has 3 unspecified atom stereocenters. The molecule has 1 rings (SSSR count). The van der Waals surface area contributed by atoms with Crippen LogP contribution in [0, 0.1) is 0 Å². The lowest BCUT2D eigenvalue weighted by Gasteiger charge is -2.24. The van der Waals surface area contributed by atoms with E-state index >= 15 is 0 Å². The van der Waals surface area contributed by atoms with Crippen LogP contribution in [0.4, 0.5) is 22.0 Å². The van der Waals surface area contributed by atoms with E-state index in [2.05, 4.69) is 9.05 Å². The quantitative estimate of drug-likeness (QED) is 0.618. The van der Waals surface area contributed by atoms with Gasteiger partial charge < -0.3 is 4.89 Å². The molecule has 1 aliphatic heterocycles. The molecule has 0 aromatic rings. The molecule has 0 aromatic heterocycles. The lowest BCUT2D eigenvalue weighted by Crippen LogP contribution is -2.42. The van der Waals surface area contributed by atoms with E-state index in [1.807, 2.05) is 0 Å². The van der Waals surface area contributed by atoms with Crippen LogP contribution in [-0.4, -0.2) is 29.2 Å². The fraction of sp³-hybridized carbons (Fsp3) is 1.00. The Morgan fingerprint density at radius 2 is 1.75 bits per heavy atom. The van der Waals surface area contributed by atoms with Gasteiger partial charge in [-0.25, -0.2) is 13.3 Å². The Kier molecular flexibility index (Phi) is 3.37. The largest absolute Gasteiger partial charge is 0.473 e. The maximum absolute atomic E-state index is 13.1. The van der Waals surface area contributed by atoms with Crippen LogP contribution in [0.2, 0.25) is 0 Å². The van der Waals surface area contributed by atoms with Crippen molar-refractivity contribution in [1.82, 2.24) is 0 Å². The molecule has 1 heterocycles. The third-order valence-electron chi connectivity index (χ3n) is 1.82. The van der Waals surface area contributed by atoms with Gasteiger partial charge in [0, 0.05) is 0 Å². The van der Waals surface area contributed by atoms with Gasteiger partial charge in [-0.2, -0.15) is 13.2 Å². The highest BCUT2D eigenvalue weighted by Gasteiger charge is 2.58. The Balaban J connectivity index is 2.81. The Hall–Kier alpha value is -0.240. The SMILES string of the molecule is CC1OP(=O)(O)OC1C(F)(F)CC(F)(F)F. The maximum atomic E-state index is 13.1. The van der Waals surface area contributed by atoms with Gasteiger partial charge in [0.1, 0.15) is 6.42 Å². The zero-order valence-corrected chi connectivity index (χ0v) is 8.77. The van der Waals surface area contributed by atoms with Crippen molar-refractivity contribution in [3.8, 4) is 0 Å². The van der Waals surface area contributed by atoms with E-state index in [0.29, 0.717) is 0 Å². The normalized spacial score (nSPS) is 36.7. The highest BCUT2D eigenvalue weighted by molar-refractivity contribution is 7.47. The molecule has 0 bridgehead atoms. The number of hydrogen-bond donors (Lipinski definition) is 1. The van der Waals surface area contributed by atoms with Crippen LogP contribution in [0.15, 0.2) is 0 Å². The average molecular weight is 270 g/mol. The van der Waals surface area contributed by atoms with Crippen molar-refractivity contribution in [1.29, 1.82) is 0 Å². The minimum atomic E-state index is -5.10. The van der Waals surface area contributed by atoms with E-state index in [1.165, 1.54) is 0 Å². The second kappa shape index (κ2) is 3.90. The molecular weight excluding hydrogens is 262 g/mol. The fourth-order valence-corrected chi connectivity index (χ4v) is 2.50. The predicted octanol–water partition coefficient (Wildman–Crippen LogP) is 2.48. The molecule has 1 fully saturated rings. The summed E-state index contributed by atoms with van der Waals surface area (Å²) in [4.78, 5) is 8.69. The van der Waals surface area contributed by atoms with Gasteiger partial charge in [-0.1, -0.05) is 0 Å². The van der Waals surface area contributed by atoms with Crippen molar-refractivity contribution in [3.05, 3.63) is 0 Å². The molecule has 1 N–H and O–H groups in total. The van der Waals surface area contributed by atoms with Gasteiger partial charge >= 0.3 is 14.0 Å². The standard InChI is InChI=1S/C6H8F5O4P/c1-3-4(15-16(12,13)14-3)5(7,8)2-6(9,10)11/h3-4H,2H2,1H3,(H,12,13). The van der Waals surface area contributed by atoms with Gasteiger partial charge in [-0.05, 0) is 6.92 Å². The van der Waals surface area contributed by atoms with Crippen molar-refractivity contribution in [2.75, 3.05) is 0 Å². The molecule has 0 aliphatic carbocycles. The lowest BCUT2D eigenvalue weighted by molar-refractivity contribution is -0.212. The Morgan fingerprint density at radius 3 is 2.06 bits per heavy atom. The van der Waals surface area contributed by atoms with Crippen LogP contribution in [0.1, 0.15) is 13.3 Å². The zero-order chi connectivity index (χ0) is 12.8. The van der Waals surface area contributed by atoms with Crippen molar-refractivity contribution in [2.24, 2.45) is 0 Å². The van der Waals surface area contributed by atoms with E-state index in [0.717, 1.165) is 6.92 Å². The van der Waals surface area contributed by atoms with Gasteiger partial charge in [0.05, 0.1) is 6.10 Å². The van der Waals surface area contributed by atoms with Gasteiger partial charge in [0.2, 0.25) is 0 Å². The number of phosphoric acid groups is 1. The van der Waals surface area contributed by atoms with Gasteiger partial charge in [-0.15, -0.1) is 0 Å². The first kappa shape index (κ1) is 13.8. The summed E-state index contributed by atoms with van der Waals surface area (Å²) < 4.78 is 80.3. The lowest BCUT2D eigenvalue weighted by atomic mass is 10.1. The third kappa shape index (κ3) is 3.38. The summed E-state index contributed by atoms with van der Waals surface area (Å²) in [6.07, 6.45) is -11.5. The topological polar surface area (TPSA) is 55.8 Å². The maximum Gasteiger partial charge on any atom is 0.473 e. The Morgan fingerprint density at radius 1 is 1.25 bits per heavy atom. The molecule has 1 aliphatic rings. The summed E-state index contributed by atoms with van der Waals surface area (Å²) in [5, 5.41) is 0. The van der Waals surface area contributed by atoms with Crippen LogP contribution in [0.25, 0.3) is 0 Å². The summed E-state index contributed by atoms with van der Waals surface area (Å²) in [6, 6.07) is 0. The number of halogens is 5. The van der Waals surface area contributed by atoms with Gasteiger partial charge in [-0.3, -0.25) is 9.05 Å². The molecule has 16 heavy (non-hydrogen) atoms. The predicted molar refractivity (Wildman–Crippen MR) is 40.9 cm³/mol. The highest BCUT2D eigenvalue weighted by atomic mass is 31.2. The summed E-state index contributed by atoms with van der Waals surface area (Å²) in [7, 11) is -4.66. The first-order valence-electron chi connectivity index (χ1n) is 4.07. The Labute approximate surface area is 87.0 Å². The molecule has 0 amide bonds. The van der Waals surface area contributed by atoms with Crippen molar-refractivity contribution in [2.45, 2.75) is 37.7 Å². The van der Waals surface area contributed by atoms with Crippen molar-refractivity contribution < 1.29 is 40.5 Å². The first-order chi connectivity index (χ1) is 6.93. The van der Waals surface area contributed by atoms with Crippen LogP contribution in [0.3, 0.4) is 0 Å². The average Bonchev–Trinajstić information content (AvgIpc) is 2.19. The molecular formula is C6H8F5O4P. The molecule has 0 saturated carbocycles. The molecule has 1 saturated heterocycles. The molecule has 0 radical (unpaired) electrons. The number of rotatable bonds is 2. The third-order valence-corrected chi connectivity index (χ3v) is 2.92. The summed E-state index contributed by atoms with van der Waals surface area (Å²) >= 11 is 0. The number of hydrogen-bond acceptors (Lipinski definition) is 3. The van der Waals surface area contributed by atoms with Crippen molar-refractivity contribution >= 4 is 7.82 Å². The van der Waals surface area contributed by atoms with E-state index in [-0.39, 0.29) is 0 Å². The second-order valence-electron chi connectivity index (χ2n) is 3.36. The highest BCUT2D eigenvalue weighted by Crippen LogP contribution is 2.56.